The second-order valence-electron chi connectivity index (χ2n) is 6.57. The maximum absolute atomic E-state index is 5.77. The van der Waals surface area contributed by atoms with Crippen LogP contribution in [0.15, 0.2) is 24.3 Å². The summed E-state index contributed by atoms with van der Waals surface area (Å²) >= 11 is 16.7. The van der Waals surface area contributed by atoms with Crippen molar-refractivity contribution in [3.05, 3.63) is 74.1 Å². The van der Waals surface area contributed by atoms with Crippen molar-refractivity contribution in [2.75, 3.05) is 5.73 Å². The van der Waals surface area contributed by atoms with E-state index in [1.165, 1.54) is 0 Å². The predicted molar refractivity (Wildman–Crippen MR) is 122 cm³/mol. The minimum Gasteiger partial charge on any atom is -0.382 e. The van der Waals surface area contributed by atoms with Crippen LogP contribution in [0.3, 0.4) is 0 Å². The molecule has 4 heterocycles. The highest BCUT2D eigenvalue weighted by atomic mass is 35.5. The van der Waals surface area contributed by atoms with Crippen LogP contribution in [-0.2, 0) is 6.42 Å². The second-order valence-corrected chi connectivity index (χ2v) is 7.63. The standard InChI is InChI=1S/C10H11ClN4.C5H4Cl2N2.C4H7N3/c1-6-3-8(13-10(11)12-6)5-9-4-7(2)14-15-9;1-3-2-4(6)9-5(7)8-3;1-3-2-4(5)7-6-3/h3-4H,5H2,1-2H3,(H,14,15);2H,1H3;2H,1H3,(H3,5,6,7). The van der Waals surface area contributed by atoms with Crippen molar-refractivity contribution in [1.82, 2.24) is 40.3 Å². The highest BCUT2D eigenvalue weighted by molar-refractivity contribution is 6.31. The molecule has 0 saturated heterocycles. The van der Waals surface area contributed by atoms with Crippen molar-refractivity contribution in [3.63, 3.8) is 0 Å². The van der Waals surface area contributed by atoms with Gasteiger partial charge in [-0.15, -0.1) is 0 Å². The van der Waals surface area contributed by atoms with Gasteiger partial charge in [0, 0.05) is 35.3 Å². The summed E-state index contributed by atoms with van der Waals surface area (Å²) in [6.07, 6.45) is 0.674. The summed E-state index contributed by atoms with van der Waals surface area (Å²) in [6, 6.07) is 7.33. The normalized spacial score (nSPS) is 10.0. The molecule has 0 amide bonds. The summed E-state index contributed by atoms with van der Waals surface area (Å²) in [5, 5.41) is 14.3. The number of halogens is 3. The van der Waals surface area contributed by atoms with E-state index in [0.717, 1.165) is 34.2 Å². The van der Waals surface area contributed by atoms with Crippen molar-refractivity contribution in [2.24, 2.45) is 0 Å². The zero-order chi connectivity index (χ0) is 23.0. The summed E-state index contributed by atoms with van der Waals surface area (Å²) in [6.45, 7) is 7.57. The Hall–Kier alpha value is -2.75. The van der Waals surface area contributed by atoms with E-state index in [1.54, 1.807) is 19.1 Å². The smallest absolute Gasteiger partial charge is 0.223 e. The lowest BCUT2D eigenvalue weighted by atomic mass is 10.2. The molecule has 0 saturated carbocycles. The summed E-state index contributed by atoms with van der Waals surface area (Å²) in [4.78, 5) is 15.6. The van der Waals surface area contributed by atoms with Gasteiger partial charge in [0.25, 0.3) is 0 Å². The fourth-order valence-electron chi connectivity index (χ4n) is 2.37. The van der Waals surface area contributed by atoms with Gasteiger partial charge in [0.05, 0.1) is 11.4 Å². The first-order chi connectivity index (χ1) is 14.6. The van der Waals surface area contributed by atoms with E-state index in [0.29, 0.717) is 17.4 Å². The lowest BCUT2D eigenvalue weighted by Gasteiger charge is -1.99. The fourth-order valence-corrected chi connectivity index (χ4v) is 3.12. The minimum absolute atomic E-state index is 0.194. The Morgan fingerprint density at radius 1 is 0.710 bits per heavy atom. The zero-order valence-corrected chi connectivity index (χ0v) is 19.7. The molecular formula is C19H22Cl3N9. The van der Waals surface area contributed by atoms with E-state index in [-0.39, 0.29) is 10.6 Å². The van der Waals surface area contributed by atoms with E-state index in [1.807, 2.05) is 32.9 Å². The number of aryl methyl sites for hydroxylation is 4. The highest BCUT2D eigenvalue weighted by Gasteiger charge is 2.04. The van der Waals surface area contributed by atoms with Gasteiger partial charge in [-0.1, -0.05) is 11.6 Å². The molecule has 0 aliphatic carbocycles. The third-order valence-electron chi connectivity index (χ3n) is 3.52. The number of anilines is 1. The molecule has 0 aliphatic rings. The van der Waals surface area contributed by atoms with Crippen LogP contribution in [0, 0.1) is 27.7 Å². The van der Waals surface area contributed by atoms with Gasteiger partial charge >= 0.3 is 0 Å². The number of aromatic amines is 2. The molecule has 0 aliphatic heterocycles. The summed E-state index contributed by atoms with van der Waals surface area (Å²) < 4.78 is 0. The highest BCUT2D eigenvalue weighted by Crippen LogP contribution is 2.10. The minimum atomic E-state index is 0.194. The lowest BCUT2D eigenvalue weighted by Crippen LogP contribution is -1.96. The van der Waals surface area contributed by atoms with Crippen LogP contribution >= 0.6 is 34.8 Å². The second kappa shape index (κ2) is 11.6. The van der Waals surface area contributed by atoms with E-state index < -0.39 is 0 Å². The number of nitrogens with one attached hydrogen (secondary N) is 2. The number of hydrogen-bond acceptors (Lipinski definition) is 7. The molecule has 164 valence electrons. The molecule has 0 unspecified atom stereocenters. The molecule has 0 fully saturated rings. The van der Waals surface area contributed by atoms with Crippen LogP contribution < -0.4 is 5.73 Å². The van der Waals surface area contributed by atoms with Gasteiger partial charge < -0.3 is 5.73 Å². The van der Waals surface area contributed by atoms with Gasteiger partial charge in [0.2, 0.25) is 10.6 Å². The zero-order valence-electron chi connectivity index (χ0n) is 17.4. The van der Waals surface area contributed by atoms with Crippen LogP contribution in [-0.4, -0.2) is 40.3 Å². The van der Waals surface area contributed by atoms with E-state index in [9.17, 15) is 0 Å². The first-order valence-electron chi connectivity index (χ1n) is 9.06. The van der Waals surface area contributed by atoms with E-state index in [4.69, 9.17) is 40.5 Å². The molecule has 4 aromatic rings. The monoisotopic (exact) mass is 481 g/mol. The maximum atomic E-state index is 5.77. The molecule has 12 heteroatoms. The Balaban J connectivity index is 0.000000181. The Bertz CT molecular complexity index is 1040. The van der Waals surface area contributed by atoms with E-state index >= 15 is 0 Å². The number of rotatable bonds is 2. The van der Waals surface area contributed by atoms with Crippen molar-refractivity contribution < 1.29 is 0 Å². The molecule has 0 spiro atoms. The topological polar surface area (TPSA) is 135 Å². The summed E-state index contributed by atoms with van der Waals surface area (Å²) in [5.74, 6) is 0.553. The summed E-state index contributed by atoms with van der Waals surface area (Å²) in [7, 11) is 0. The molecule has 4 rings (SSSR count). The van der Waals surface area contributed by atoms with Gasteiger partial charge in [-0.25, -0.2) is 19.9 Å². The third-order valence-corrected chi connectivity index (χ3v) is 4.05. The molecule has 4 aromatic heterocycles. The first-order valence-corrected chi connectivity index (χ1v) is 10.2. The Kier molecular flexibility index (Phi) is 9.17. The number of nitrogens with two attached hydrogens (primary N) is 1. The Morgan fingerprint density at radius 2 is 1.29 bits per heavy atom. The van der Waals surface area contributed by atoms with Crippen molar-refractivity contribution in [2.45, 2.75) is 34.1 Å². The van der Waals surface area contributed by atoms with E-state index in [2.05, 4.69) is 40.3 Å². The molecule has 4 N–H and O–H groups in total. The van der Waals surface area contributed by atoms with Gasteiger partial charge in [0.15, 0.2) is 0 Å². The van der Waals surface area contributed by atoms with Gasteiger partial charge in [0.1, 0.15) is 11.0 Å². The van der Waals surface area contributed by atoms with Crippen molar-refractivity contribution >= 4 is 40.6 Å². The van der Waals surface area contributed by atoms with Crippen LogP contribution in [0.5, 0.6) is 0 Å². The largest absolute Gasteiger partial charge is 0.382 e. The van der Waals surface area contributed by atoms with Crippen LogP contribution in [0.1, 0.15) is 34.2 Å². The Labute approximate surface area is 194 Å². The predicted octanol–water partition coefficient (Wildman–Crippen LogP) is 4.45. The maximum Gasteiger partial charge on any atom is 0.223 e. The molecule has 0 atom stereocenters. The van der Waals surface area contributed by atoms with Gasteiger partial charge in [-0.3, -0.25) is 10.2 Å². The molecule has 0 radical (unpaired) electrons. The first kappa shape index (κ1) is 24.5. The van der Waals surface area contributed by atoms with Crippen molar-refractivity contribution in [3.8, 4) is 0 Å². The number of H-pyrrole nitrogens is 2. The quantitative estimate of drug-likeness (QED) is 0.283. The lowest BCUT2D eigenvalue weighted by molar-refractivity contribution is 0.938. The molecular weight excluding hydrogens is 461 g/mol. The van der Waals surface area contributed by atoms with Crippen LogP contribution in [0.4, 0.5) is 5.82 Å². The molecule has 9 nitrogen and oxygen atoms in total. The van der Waals surface area contributed by atoms with Crippen molar-refractivity contribution in [1.29, 1.82) is 0 Å². The van der Waals surface area contributed by atoms with Gasteiger partial charge in [-0.2, -0.15) is 10.2 Å². The molecule has 0 aromatic carbocycles. The molecule has 31 heavy (non-hydrogen) atoms. The molecule has 0 bridgehead atoms. The number of hydrogen-bond donors (Lipinski definition) is 3. The average molecular weight is 483 g/mol. The number of nitrogen functional groups attached to an aromatic ring is 1. The summed E-state index contributed by atoms with van der Waals surface area (Å²) in [5.41, 5.74) is 10.8. The fraction of sp³-hybridized carbons (Fsp3) is 0.263. The van der Waals surface area contributed by atoms with Crippen LogP contribution in [0.25, 0.3) is 0 Å². The SMILES string of the molecule is Cc1cc(Cc2cc(C)[nH]n2)nc(Cl)n1.Cc1cc(Cl)nc(Cl)n1.Cc1cc(N)n[nH]1. The number of nitrogens with zero attached hydrogens (tertiary/aromatic N) is 6. The Morgan fingerprint density at radius 3 is 1.71 bits per heavy atom. The average Bonchev–Trinajstić information content (AvgIpc) is 3.21. The van der Waals surface area contributed by atoms with Gasteiger partial charge in [-0.05, 0) is 69.1 Å². The van der Waals surface area contributed by atoms with Crippen LogP contribution in [0.2, 0.25) is 15.7 Å². The third kappa shape index (κ3) is 9.29. The number of aromatic nitrogens is 8.